The average Bonchev–Trinajstić information content (AvgIpc) is 3.34. The van der Waals surface area contributed by atoms with E-state index in [1.807, 2.05) is 6.08 Å². The number of aliphatic hydroxyl groups is 7. The third-order valence-electron chi connectivity index (χ3n) is 13.3. The topological polar surface area (TPSA) is 189 Å². The molecule has 0 bridgehead atoms. The molecule has 68 heavy (non-hydrogen) atoms. The Morgan fingerprint density at radius 3 is 1.47 bits per heavy atom. The van der Waals surface area contributed by atoms with Gasteiger partial charge >= 0.3 is 0 Å². The molecule has 0 aromatic carbocycles. The van der Waals surface area contributed by atoms with Gasteiger partial charge in [0.25, 0.3) is 0 Å². The van der Waals surface area contributed by atoms with Gasteiger partial charge in [0.15, 0.2) is 6.29 Å². The zero-order valence-corrected chi connectivity index (χ0v) is 43.3. The van der Waals surface area contributed by atoms with Crippen LogP contribution in [0.1, 0.15) is 239 Å². The third-order valence-corrected chi connectivity index (χ3v) is 13.3. The molecule has 1 aliphatic heterocycles. The van der Waals surface area contributed by atoms with Crippen molar-refractivity contribution in [3.8, 4) is 0 Å². The molecule has 0 radical (unpaired) electrons. The van der Waals surface area contributed by atoms with Crippen LogP contribution in [0, 0.1) is 0 Å². The van der Waals surface area contributed by atoms with Gasteiger partial charge in [-0.3, -0.25) is 4.79 Å². The smallest absolute Gasteiger partial charge is 0.249 e. The average molecular weight is 964 g/mol. The van der Waals surface area contributed by atoms with E-state index in [0.29, 0.717) is 19.3 Å². The molecule has 0 saturated carbocycles. The molecule has 8 N–H and O–H groups in total. The maximum atomic E-state index is 13.1. The summed E-state index contributed by atoms with van der Waals surface area (Å²) in [6, 6.07) is -1.19. The van der Waals surface area contributed by atoms with E-state index in [-0.39, 0.29) is 12.8 Å². The number of rotatable bonds is 47. The Bertz CT molecular complexity index is 1240. The maximum absolute atomic E-state index is 13.1. The van der Waals surface area contributed by atoms with E-state index < -0.39 is 74.2 Å². The lowest BCUT2D eigenvalue weighted by atomic mass is 9.98. The zero-order chi connectivity index (χ0) is 49.7. The summed E-state index contributed by atoms with van der Waals surface area (Å²) < 4.78 is 11.1. The molecule has 11 nitrogen and oxygen atoms in total. The van der Waals surface area contributed by atoms with E-state index in [0.717, 1.165) is 44.9 Å². The fraction of sp³-hybridized carbons (Fsp3) is 0.842. The largest absolute Gasteiger partial charge is 0.394 e. The minimum atomic E-state index is -1.67. The molecule has 0 spiro atoms. The van der Waals surface area contributed by atoms with Crippen molar-refractivity contribution >= 4 is 5.91 Å². The summed E-state index contributed by atoms with van der Waals surface area (Å²) in [6.45, 7) is 3.29. The molecule has 1 amide bonds. The van der Waals surface area contributed by atoms with Crippen LogP contribution in [-0.2, 0) is 14.3 Å². The Labute approximate surface area is 415 Å². The van der Waals surface area contributed by atoms with E-state index in [1.54, 1.807) is 0 Å². The van der Waals surface area contributed by atoms with E-state index in [9.17, 15) is 40.5 Å². The molecule has 0 aromatic rings. The highest BCUT2D eigenvalue weighted by Crippen LogP contribution is 2.23. The number of carbonyl (C=O) groups is 1. The van der Waals surface area contributed by atoms with Crippen LogP contribution < -0.4 is 5.32 Å². The molecule has 0 aromatic heterocycles. The molecule has 1 fully saturated rings. The molecule has 1 aliphatic rings. The van der Waals surface area contributed by atoms with Crippen molar-refractivity contribution in [3.63, 3.8) is 0 Å². The van der Waals surface area contributed by atoms with Crippen molar-refractivity contribution < 1.29 is 50.0 Å². The van der Waals surface area contributed by atoms with Crippen LogP contribution in [0.3, 0.4) is 0 Å². The van der Waals surface area contributed by atoms with Gasteiger partial charge in [0.1, 0.15) is 36.6 Å². The van der Waals surface area contributed by atoms with Gasteiger partial charge in [0.2, 0.25) is 5.91 Å². The summed E-state index contributed by atoms with van der Waals surface area (Å²) in [7, 11) is 0. The van der Waals surface area contributed by atoms with Crippen LogP contribution in [0.5, 0.6) is 0 Å². The molecule has 11 heteroatoms. The van der Waals surface area contributed by atoms with Crippen LogP contribution in [0.2, 0.25) is 0 Å². The van der Waals surface area contributed by atoms with Crippen LogP contribution in [0.25, 0.3) is 0 Å². The van der Waals surface area contributed by atoms with Crippen molar-refractivity contribution in [1.29, 1.82) is 0 Å². The minimum absolute atomic E-state index is 0.243. The van der Waals surface area contributed by atoms with Gasteiger partial charge in [0, 0.05) is 0 Å². The second-order valence-electron chi connectivity index (χ2n) is 19.6. The van der Waals surface area contributed by atoms with Crippen LogP contribution in [0.15, 0.2) is 48.6 Å². The monoisotopic (exact) mass is 964 g/mol. The second-order valence-corrected chi connectivity index (χ2v) is 19.6. The normalized spacial score (nSPS) is 20.9. The molecule has 1 rings (SSSR count). The van der Waals surface area contributed by atoms with Gasteiger partial charge in [-0.2, -0.15) is 0 Å². The fourth-order valence-electron chi connectivity index (χ4n) is 8.79. The minimum Gasteiger partial charge on any atom is -0.394 e. The molecule has 9 atom stereocenters. The number of nitrogens with one attached hydrogen (secondary N) is 1. The third kappa shape index (κ3) is 34.4. The van der Waals surface area contributed by atoms with Gasteiger partial charge in [0.05, 0.1) is 25.4 Å². The van der Waals surface area contributed by atoms with Crippen LogP contribution in [-0.4, -0.2) is 110 Å². The lowest BCUT2D eigenvalue weighted by molar-refractivity contribution is -0.303. The lowest BCUT2D eigenvalue weighted by Crippen LogP contribution is -2.60. The Morgan fingerprint density at radius 1 is 0.529 bits per heavy atom. The van der Waals surface area contributed by atoms with Gasteiger partial charge in [-0.1, -0.05) is 210 Å². The maximum Gasteiger partial charge on any atom is 0.249 e. The standard InChI is InChI=1S/C57H105NO10/c1-3-5-7-9-11-13-14-15-16-17-18-19-20-21-22-23-24-25-26-27-28-29-30-31-32-33-34-35-37-39-41-43-45-50(61)56(66)58-48(47-67-57-55(65)54(64)53(63)51(46-59)68-57)52(62)49(60)44-42-40-38-36-12-10-8-6-4-2/h6,8,18-19,21-22,36,38,48-55,57,59-65H,3-5,7,9-17,20,23-35,37,39-47H2,1-2H3,(H,58,66)/b8-6+,19-18-,22-21-,38-36+. The van der Waals surface area contributed by atoms with E-state index in [2.05, 4.69) is 61.7 Å². The number of unbranched alkanes of at least 4 members (excludes halogenated alkanes) is 27. The zero-order valence-electron chi connectivity index (χ0n) is 43.3. The number of aliphatic hydroxyl groups excluding tert-OH is 7. The Balaban J connectivity index is 2.17. The highest BCUT2D eigenvalue weighted by Gasteiger charge is 2.44. The van der Waals surface area contributed by atoms with Gasteiger partial charge < -0.3 is 50.5 Å². The number of carbonyl (C=O) groups excluding carboxylic acids is 1. The molecular weight excluding hydrogens is 859 g/mol. The highest BCUT2D eigenvalue weighted by molar-refractivity contribution is 5.80. The van der Waals surface area contributed by atoms with Crippen molar-refractivity contribution in [2.75, 3.05) is 13.2 Å². The number of hydrogen-bond acceptors (Lipinski definition) is 10. The van der Waals surface area contributed by atoms with Crippen molar-refractivity contribution in [2.45, 2.75) is 294 Å². The molecule has 1 saturated heterocycles. The van der Waals surface area contributed by atoms with Crippen LogP contribution in [0.4, 0.5) is 0 Å². The molecule has 398 valence electrons. The number of allylic oxidation sites excluding steroid dienone is 8. The first-order valence-electron chi connectivity index (χ1n) is 28.0. The van der Waals surface area contributed by atoms with E-state index >= 15 is 0 Å². The van der Waals surface area contributed by atoms with Gasteiger partial charge in [-0.15, -0.1) is 0 Å². The summed E-state index contributed by atoms with van der Waals surface area (Å²) in [5.41, 5.74) is 0. The summed E-state index contributed by atoms with van der Waals surface area (Å²) in [5, 5.41) is 75.6. The Kier molecular flexibility index (Phi) is 43.5. The predicted octanol–water partition coefficient (Wildman–Crippen LogP) is 11.3. The summed E-state index contributed by atoms with van der Waals surface area (Å²) >= 11 is 0. The van der Waals surface area contributed by atoms with Gasteiger partial charge in [-0.05, 0) is 77.0 Å². The molecule has 1 heterocycles. The SMILES string of the molecule is CC/C=C/CC/C=C/CCCC(O)C(O)C(COC1OC(CO)C(O)C(O)C1O)NC(=O)C(O)CCCCCCCCCCCCCCCCCC/C=C\C/C=C\CCCCCCCCCCC. The first kappa shape index (κ1) is 64.1. The predicted molar refractivity (Wildman–Crippen MR) is 279 cm³/mol. The van der Waals surface area contributed by atoms with Crippen molar-refractivity contribution in [3.05, 3.63) is 48.6 Å². The Morgan fingerprint density at radius 2 is 0.971 bits per heavy atom. The number of ether oxygens (including phenoxy) is 2. The number of hydrogen-bond donors (Lipinski definition) is 8. The van der Waals surface area contributed by atoms with E-state index in [1.165, 1.54) is 148 Å². The first-order chi connectivity index (χ1) is 33.2. The van der Waals surface area contributed by atoms with E-state index in [4.69, 9.17) is 9.47 Å². The number of amides is 1. The molecule has 0 aliphatic carbocycles. The van der Waals surface area contributed by atoms with Crippen molar-refractivity contribution in [2.24, 2.45) is 0 Å². The lowest BCUT2D eigenvalue weighted by Gasteiger charge is -2.40. The Hall–Kier alpha value is -1.93. The van der Waals surface area contributed by atoms with Crippen LogP contribution >= 0.6 is 0 Å². The first-order valence-corrected chi connectivity index (χ1v) is 28.0. The molecule has 9 unspecified atom stereocenters. The van der Waals surface area contributed by atoms with Crippen molar-refractivity contribution in [1.82, 2.24) is 5.32 Å². The second kappa shape index (κ2) is 46.2. The molecular formula is C57H105NO10. The quantitative estimate of drug-likeness (QED) is 0.0215. The summed E-state index contributed by atoms with van der Waals surface area (Å²) in [5.74, 6) is -0.713. The summed E-state index contributed by atoms with van der Waals surface area (Å²) in [4.78, 5) is 13.1. The highest BCUT2D eigenvalue weighted by atomic mass is 16.7. The van der Waals surface area contributed by atoms with Gasteiger partial charge in [-0.25, -0.2) is 0 Å². The summed E-state index contributed by atoms with van der Waals surface area (Å²) in [6.07, 6.45) is 46.5. The fourth-order valence-corrected chi connectivity index (χ4v) is 8.79.